The highest BCUT2D eigenvalue weighted by molar-refractivity contribution is 7.91. The van der Waals surface area contributed by atoms with Crippen molar-refractivity contribution in [3.05, 3.63) is 29.3 Å². The fourth-order valence-electron chi connectivity index (χ4n) is 1.66. The van der Waals surface area contributed by atoms with Crippen molar-refractivity contribution in [2.45, 2.75) is 25.2 Å². The normalized spacial score (nSPS) is 11.1. The maximum Gasteiger partial charge on any atom is 0.306 e. The van der Waals surface area contributed by atoms with Gasteiger partial charge in [0.2, 0.25) is 0 Å². The Labute approximate surface area is 112 Å². The molecule has 0 aliphatic rings. The minimum absolute atomic E-state index is 0.141. The maximum atomic E-state index is 12.1. The van der Waals surface area contributed by atoms with Crippen LogP contribution in [-0.4, -0.2) is 33.0 Å². The number of esters is 1. The number of aryl methyl sites for hydroxylation is 1. The summed E-state index contributed by atoms with van der Waals surface area (Å²) in [7, 11) is -3.55. The topological polar surface area (TPSA) is 77.5 Å². The second-order valence-electron chi connectivity index (χ2n) is 4.02. The molecule has 1 rings (SSSR count). The van der Waals surface area contributed by atoms with Gasteiger partial charge in [0.1, 0.15) is 6.29 Å². The third-order valence-corrected chi connectivity index (χ3v) is 4.42. The summed E-state index contributed by atoms with van der Waals surface area (Å²) in [6.45, 7) is 3.50. The number of aldehydes is 1. The zero-order chi connectivity index (χ0) is 14.5. The third kappa shape index (κ3) is 4.17. The Morgan fingerprint density at radius 3 is 2.58 bits per heavy atom. The molecule has 0 aromatic heterocycles. The monoisotopic (exact) mass is 284 g/mol. The van der Waals surface area contributed by atoms with Crippen LogP contribution in [0.4, 0.5) is 0 Å². The van der Waals surface area contributed by atoms with Gasteiger partial charge in [0.25, 0.3) is 0 Å². The summed E-state index contributed by atoms with van der Waals surface area (Å²) in [5.41, 5.74) is 0.912. The molecule has 1 aromatic rings. The van der Waals surface area contributed by atoms with Crippen molar-refractivity contribution in [2.75, 3.05) is 12.4 Å². The lowest BCUT2D eigenvalue weighted by Gasteiger charge is -2.08. The Hall–Kier alpha value is -1.69. The Balaban J connectivity index is 2.88. The number of rotatable bonds is 6. The van der Waals surface area contributed by atoms with Gasteiger partial charge >= 0.3 is 5.97 Å². The van der Waals surface area contributed by atoms with Crippen LogP contribution in [0.15, 0.2) is 23.1 Å². The molecule has 0 saturated heterocycles. The third-order valence-electron chi connectivity index (χ3n) is 2.55. The average molecular weight is 284 g/mol. The SMILES string of the molecule is CCOC(=O)CCS(=O)(=O)c1ccc(C=O)cc1C. The summed E-state index contributed by atoms with van der Waals surface area (Å²) in [6.07, 6.45) is 0.479. The van der Waals surface area contributed by atoms with E-state index in [0.29, 0.717) is 17.4 Å². The molecule has 0 amide bonds. The molecule has 0 aliphatic heterocycles. The van der Waals surface area contributed by atoms with Crippen LogP contribution in [0, 0.1) is 6.92 Å². The van der Waals surface area contributed by atoms with E-state index in [2.05, 4.69) is 0 Å². The van der Waals surface area contributed by atoms with Gasteiger partial charge in [-0.3, -0.25) is 9.59 Å². The number of hydrogen-bond donors (Lipinski definition) is 0. The molecule has 0 heterocycles. The van der Waals surface area contributed by atoms with Crippen molar-refractivity contribution in [1.29, 1.82) is 0 Å². The second kappa shape index (κ2) is 6.47. The first-order valence-corrected chi connectivity index (χ1v) is 7.50. The number of sulfone groups is 1. The highest BCUT2D eigenvalue weighted by atomic mass is 32.2. The Kier molecular flexibility index (Phi) is 5.23. The Morgan fingerprint density at radius 1 is 1.37 bits per heavy atom. The summed E-state index contributed by atoms with van der Waals surface area (Å²) in [4.78, 5) is 21.9. The molecule has 104 valence electrons. The molecule has 0 atom stereocenters. The maximum absolute atomic E-state index is 12.1. The molecule has 0 fully saturated rings. The summed E-state index contributed by atoms with van der Waals surface area (Å²) >= 11 is 0. The number of benzene rings is 1. The van der Waals surface area contributed by atoms with E-state index < -0.39 is 15.8 Å². The Bertz CT molecular complexity index is 575. The van der Waals surface area contributed by atoms with Gasteiger partial charge in [-0.2, -0.15) is 0 Å². The molecular weight excluding hydrogens is 268 g/mol. The van der Waals surface area contributed by atoms with Gasteiger partial charge in [0.15, 0.2) is 9.84 Å². The van der Waals surface area contributed by atoms with Crippen LogP contribution < -0.4 is 0 Å². The smallest absolute Gasteiger partial charge is 0.306 e. The van der Waals surface area contributed by atoms with E-state index in [9.17, 15) is 18.0 Å². The van der Waals surface area contributed by atoms with Crippen LogP contribution in [0.25, 0.3) is 0 Å². The van der Waals surface area contributed by atoms with E-state index in [1.807, 2.05) is 0 Å². The van der Waals surface area contributed by atoms with E-state index in [0.717, 1.165) is 0 Å². The van der Waals surface area contributed by atoms with E-state index in [4.69, 9.17) is 4.74 Å². The molecule has 0 unspecified atom stereocenters. The quantitative estimate of drug-likeness (QED) is 0.585. The number of ether oxygens (including phenoxy) is 1. The van der Waals surface area contributed by atoms with Gasteiger partial charge in [0.05, 0.1) is 23.7 Å². The average Bonchev–Trinajstić information content (AvgIpc) is 2.36. The molecule has 0 N–H and O–H groups in total. The van der Waals surface area contributed by atoms with Crippen LogP contribution in [0.1, 0.15) is 29.3 Å². The summed E-state index contributed by atoms with van der Waals surface area (Å²) in [6, 6.07) is 4.33. The minimum Gasteiger partial charge on any atom is -0.466 e. The van der Waals surface area contributed by atoms with E-state index in [-0.39, 0.29) is 23.7 Å². The van der Waals surface area contributed by atoms with Crippen molar-refractivity contribution < 1.29 is 22.7 Å². The van der Waals surface area contributed by atoms with Gasteiger partial charge in [-0.15, -0.1) is 0 Å². The zero-order valence-corrected chi connectivity index (χ0v) is 11.7. The fourth-order valence-corrected chi connectivity index (χ4v) is 3.14. The molecule has 0 spiro atoms. The number of carbonyl (C=O) groups is 2. The van der Waals surface area contributed by atoms with E-state index in [1.54, 1.807) is 13.8 Å². The van der Waals surface area contributed by atoms with Crippen molar-refractivity contribution in [3.8, 4) is 0 Å². The van der Waals surface area contributed by atoms with Crippen molar-refractivity contribution in [3.63, 3.8) is 0 Å². The predicted molar refractivity (Wildman–Crippen MR) is 69.9 cm³/mol. The van der Waals surface area contributed by atoms with Crippen LogP contribution in [0.2, 0.25) is 0 Å². The summed E-state index contributed by atoms with van der Waals surface area (Å²) < 4.78 is 28.8. The van der Waals surface area contributed by atoms with Gasteiger partial charge in [-0.1, -0.05) is 6.07 Å². The largest absolute Gasteiger partial charge is 0.466 e. The molecule has 0 radical (unpaired) electrons. The van der Waals surface area contributed by atoms with E-state index >= 15 is 0 Å². The van der Waals surface area contributed by atoms with Crippen molar-refractivity contribution >= 4 is 22.1 Å². The summed E-state index contributed by atoms with van der Waals surface area (Å²) in [5.74, 6) is -0.833. The Morgan fingerprint density at radius 2 is 2.05 bits per heavy atom. The van der Waals surface area contributed by atoms with Gasteiger partial charge in [0, 0.05) is 5.56 Å². The lowest BCUT2D eigenvalue weighted by molar-refractivity contribution is -0.142. The first kappa shape index (κ1) is 15.4. The number of carbonyl (C=O) groups excluding carboxylic acids is 2. The first-order chi connectivity index (χ1) is 8.90. The minimum atomic E-state index is -3.55. The standard InChI is InChI=1S/C13H16O5S/c1-3-18-13(15)6-7-19(16,17)12-5-4-11(9-14)8-10(12)2/h4-5,8-9H,3,6-7H2,1-2H3. The molecule has 0 bridgehead atoms. The molecule has 0 aliphatic carbocycles. The van der Waals surface area contributed by atoms with Crippen LogP contribution in [0.5, 0.6) is 0 Å². The highest BCUT2D eigenvalue weighted by Gasteiger charge is 2.19. The van der Waals surface area contributed by atoms with Gasteiger partial charge in [-0.25, -0.2) is 8.42 Å². The zero-order valence-electron chi connectivity index (χ0n) is 10.9. The van der Waals surface area contributed by atoms with Crippen molar-refractivity contribution in [1.82, 2.24) is 0 Å². The van der Waals surface area contributed by atoms with Gasteiger partial charge < -0.3 is 4.74 Å². The predicted octanol–water partition coefficient (Wildman–Crippen LogP) is 1.53. The molecule has 6 heteroatoms. The summed E-state index contributed by atoms with van der Waals surface area (Å²) in [5, 5.41) is 0. The molecule has 0 saturated carbocycles. The number of hydrogen-bond acceptors (Lipinski definition) is 5. The molecular formula is C13H16O5S. The molecule has 5 nitrogen and oxygen atoms in total. The lowest BCUT2D eigenvalue weighted by atomic mass is 10.2. The van der Waals surface area contributed by atoms with Crippen molar-refractivity contribution in [2.24, 2.45) is 0 Å². The second-order valence-corrected chi connectivity index (χ2v) is 6.09. The van der Waals surface area contributed by atoms with Gasteiger partial charge in [-0.05, 0) is 31.5 Å². The highest BCUT2D eigenvalue weighted by Crippen LogP contribution is 2.18. The fraction of sp³-hybridized carbons (Fsp3) is 0.385. The van der Waals surface area contributed by atoms with Crippen LogP contribution in [0.3, 0.4) is 0 Å². The first-order valence-electron chi connectivity index (χ1n) is 5.85. The van der Waals surface area contributed by atoms with Crippen LogP contribution in [-0.2, 0) is 19.4 Å². The lowest BCUT2D eigenvalue weighted by Crippen LogP contribution is -2.14. The van der Waals surface area contributed by atoms with E-state index in [1.165, 1.54) is 18.2 Å². The van der Waals surface area contributed by atoms with Crippen LogP contribution >= 0.6 is 0 Å². The molecule has 19 heavy (non-hydrogen) atoms. The molecule has 1 aromatic carbocycles.